The summed E-state index contributed by atoms with van der Waals surface area (Å²) in [6.07, 6.45) is 1.55. The fourth-order valence-corrected chi connectivity index (χ4v) is 2.96. The molecule has 1 amide bonds. The maximum atomic E-state index is 12.0. The van der Waals surface area contributed by atoms with Gasteiger partial charge in [0, 0.05) is 30.7 Å². The number of rotatable bonds is 5. The molecule has 122 valence electrons. The molecular formula is C14H19N7OS. The molecule has 0 spiro atoms. The van der Waals surface area contributed by atoms with Gasteiger partial charge in [0.1, 0.15) is 11.3 Å². The highest BCUT2D eigenvalue weighted by Crippen LogP contribution is 2.16. The molecule has 9 heteroatoms. The van der Waals surface area contributed by atoms with Crippen LogP contribution in [0.15, 0.2) is 23.8 Å². The lowest BCUT2D eigenvalue weighted by Gasteiger charge is -2.18. The van der Waals surface area contributed by atoms with E-state index in [4.69, 9.17) is 0 Å². The predicted octanol–water partition coefficient (Wildman–Crippen LogP) is 1.10. The Morgan fingerprint density at radius 2 is 2.09 bits per heavy atom. The van der Waals surface area contributed by atoms with E-state index in [2.05, 4.69) is 50.5 Å². The van der Waals surface area contributed by atoms with E-state index in [1.807, 2.05) is 0 Å². The molecule has 0 aliphatic carbocycles. The van der Waals surface area contributed by atoms with E-state index in [1.165, 1.54) is 11.3 Å². The molecule has 1 aliphatic rings. The van der Waals surface area contributed by atoms with Crippen molar-refractivity contribution in [2.75, 3.05) is 17.2 Å². The highest BCUT2D eigenvalue weighted by Gasteiger charge is 2.29. The standard InChI is InChI=1S/C14H19N7OS/c1-8-11(9(2)20-19-8)6-16-12-4-3-10(5-15-12)13(22)18-14-21-17-7-23-14/h3-5,7-9,11,19-20H,6H2,1-2H3,(H,15,16)(H,18,21,22). The lowest BCUT2D eigenvalue weighted by Crippen LogP contribution is -2.30. The van der Waals surface area contributed by atoms with Crippen LogP contribution in [0.4, 0.5) is 10.9 Å². The SMILES string of the molecule is CC1NNC(C)C1CNc1ccc(C(=O)Nc2nncs2)cn1. The Morgan fingerprint density at radius 3 is 2.70 bits per heavy atom. The number of nitrogens with zero attached hydrogens (tertiary/aromatic N) is 3. The first-order valence-electron chi connectivity index (χ1n) is 7.42. The minimum Gasteiger partial charge on any atom is -0.370 e. The van der Waals surface area contributed by atoms with Gasteiger partial charge in [0.05, 0.1) is 5.56 Å². The molecule has 23 heavy (non-hydrogen) atoms. The van der Waals surface area contributed by atoms with Crippen LogP contribution in [0.5, 0.6) is 0 Å². The zero-order valence-corrected chi connectivity index (χ0v) is 13.7. The van der Waals surface area contributed by atoms with Crippen molar-refractivity contribution in [2.24, 2.45) is 5.92 Å². The van der Waals surface area contributed by atoms with Crippen molar-refractivity contribution >= 4 is 28.2 Å². The minimum absolute atomic E-state index is 0.243. The molecule has 2 aromatic heterocycles. The molecule has 8 nitrogen and oxygen atoms in total. The summed E-state index contributed by atoms with van der Waals surface area (Å²) < 4.78 is 0. The molecule has 4 N–H and O–H groups in total. The number of amides is 1. The molecule has 2 unspecified atom stereocenters. The molecular weight excluding hydrogens is 314 g/mol. The monoisotopic (exact) mass is 333 g/mol. The van der Waals surface area contributed by atoms with Crippen LogP contribution in [0, 0.1) is 5.92 Å². The maximum Gasteiger partial charge on any atom is 0.259 e. The van der Waals surface area contributed by atoms with Crippen LogP contribution in [-0.4, -0.2) is 39.7 Å². The van der Waals surface area contributed by atoms with Crippen LogP contribution in [0.2, 0.25) is 0 Å². The van der Waals surface area contributed by atoms with Gasteiger partial charge in [-0.25, -0.2) is 4.98 Å². The zero-order valence-electron chi connectivity index (χ0n) is 12.9. The number of nitrogens with one attached hydrogen (secondary N) is 4. The number of carbonyl (C=O) groups is 1. The van der Waals surface area contributed by atoms with Crippen LogP contribution >= 0.6 is 11.3 Å². The van der Waals surface area contributed by atoms with E-state index in [9.17, 15) is 4.79 Å². The van der Waals surface area contributed by atoms with Crippen LogP contribution in [0.25, 0.3) is 0 Å². The van der Waals surface area contributed by atoms with Crippen LogP contribution < -0.4 is 21.5 Å². The largest absolute Gasteiger partial charge is 0.370 e. The third-order valence-corrected chi connectivity index (χ3v) is 4.55. The second-order valence-corrected chi connectivity index (χ2v) is 6.37. The molecule has 3 rings (SSSR count). The van der Waals surface area contributed by atoms with Gasteiger partial charge in [0.15, 0.2) is 0 Å². The van der Waals surface area contributed by atoms with Crippen LogP contribution in [-0.2, 0) is 0 Å². The van der Waals surface area contributed by atoms with E-state index in [0.717, 1.165) is 12.4 Å². The van der Waals surface area contributed by atoms with Crippen molar-refractivity contribution in [2.45, 2.75) is 25.9 Å². The number of aromatic nitrogens is 3. The summed E-state index contributed by atoms with van der Waals surface area (Å²) in [5.41, 5.74) is 8.50. The number of carbonyl (C=O) groups excluding carboxylic acids is 1. The Balaban J connectivity index is 1.55. The summed E-state index contributed by atoms with van der Waals surface area (Å²) in [5.74, 6) is 0.980. The molecule has 1 fully saturated rings. The van der Waals surface area contributed by atoms with Crippen molar-refractivity contribution in [3.8, 4) is 0 Å². The van der Waals surface area contributed by atoms with E-state index in [1.54, 1.807) is 23.8 Å². The molecule has 2 atom stereocenters. The summed E-state index contributed by atoms with van der Waals surface area (Å²) >= 11 is 1.27. The van der Waals surface area contributed by atoms with Crippen molar-refractivity contribution < 1.29 is 4.79 Å². The van der Waals surface area contributed by atoms with Crippen molar-refractivity contribution in [1.82, 2.24) is 26.0 Å². The van der Waals surface area contributed by atoms with Crippen LogP contribution in [0.3, 0.4) is 0 Å². The third-order valence-electron chi connectivity index (χ3n) is 3.95. The lowest BCUT2D eigenvalue weighted by molar-refractivity contribution is 0.102. The summed E-state index contributed by atoms with van der Waals surface area (Å²) in [6, 6.07) is 4.34. The highest BCUT2D eigenvalue weighted by atomic mass is 32.1. The topological polar surface area (TPSA) is 104 Å². The molecule has 2 aromatic rings. The lowest BCUT2D eigenvalue weighted by atomic mass is 9.97. The number of hydrazine groups is 1. The van der Waals surface area contributed by atoms with Gasteiger partial charge in [-0.15, -0.1) is 10.2 Å². The zero-order chi connectivity index (χ0) is 16.2. The van der Waals surface area contributed by atoms with Gasteiger partial charge in [0.25, 0.3) is 5.91 Å². The van der Waals surface area contributed by atoms with Gasteiger partial charge < -0.3 is 5.32 Å². The van der Waals surface area contributed by atoms with Gasteiger partial charge in [-0.3, -0.25) is 21.0 Å². The third kappa shape index (κ3) is 3.81. The Bertz CT molecular complexity index is 636. The van der Waals surface area contributed by atoms with E-state index >= 15 is 0 Å². The van der Waals surface area contributed by atoms with Crippen molar-refractivity contribution in [3.63, 3.8) is 0 Å². The van der Waals surface area contributed by atoms with Crippen molar-refractivity contribution in [1.29, 1.82) is 0 Å². The minimum atomic E-state index is -0.243. The molecule has 0 radical (unpaired) electrons. The first-order valence-corrected chi connectivity index (χ1v) is 8.30. The predicted molar refractivity (Wildman–Crippen MR) is 89.3 cm³/mol. The Kier molecular flexibility index (Phi) is 4.79. The quantitative estimate of drug-likeness (QED) is 0.649. The van der Waals surface area contributed by atoms with Gasteiger partial charge in [-0.05, 0) is 26.0 Å². The van der Waals surface area contributed by atoms with Gasteiger partial charge in [-0.1, -0.05) is 11.3 Å². The second kappa shape index (κ2) is 6.99. The number of hydrogen-bond donors (Lipinski definition) is 4. The fraction of sp³-hybridized carbons (Fsp3) is 0.429. The van der Waals surface area contributed by atoms with Crippen LogP contribution in [0.1, 0.15) is 24.2 Å². The fourth-order valence-electron chi connectivity index (χ4n) is 2.52. The molecule has 0 aromatic carbocycles. The molecule has 3 heterocycles. The normalized spacial score (nSPS) is 23.7. The van der Waals surface area contributed by atoms with Crippen molar-refractivity contribution in [3.05, 3.63) is 29.4 Å². The van der Waals surface area contributed by atoms with Gasteiger partial charge in [-0.2, -0.15) is 0 Å². The Hall–Kier alpha value is -2.10. The average Bonchev–Trinajstić information content (AvgIpc) is 3.17. The number of pyridine rings is 1. The smallest absolute Gasteiger partial charge is 0.259 e. The summed E-state index contributed by atoms with van der Waals surface area (Å²) in [7, 11) is 0. The first kappa shape index (κ1) is 15.8. The Morgan fingerprint density at radius 1 is 1.30 bits per heavy atom. The van der Waals surface area contributed by atoms with Gasteiger partial charge >= 0.3 is 0 Å². The summed E-state index contributed by atoms with van der Waals surface area (Å²) in [5, 5.41) is 13.9. The Labute approximate surface area is 138 Å². The second-order valence-electron chi connectivity index (χ2n) is 5.54. The molecule has 0 bridgehead atoms. The molecule has 1 saturated heterocycles. The van der Waals surface area contributed by atoms with E-state index in [-0.39, 0.29) is 5.91 Å². The van der Waals surface area contributed by atoms with Gasteiger partial charge in [0.2, 0.25) is 5.13 Å². The molecule has 0 saturated carbocycles. The van der Waals surface area contributed by atoms with E-state index in [0.29, 0.717) is 28.7 Å². The van der Waals surface area contributed by atoms with E-state index < -0.39 is 0 Å². The first-order chi connectivity index (χ1) is 11.1. The average molecular weight is 333 g/mol. The summed E-state index contributed by atoms with van der Waals surface area (Å²) in [4.78, 5) is 16.3. The number of hydrogen-bond acceptors (Lipinski definition) is 8. The molecule has 1 aliphatic heterocycles. The number of anilines is 2. The highest BCUT2D eigenvalue weighted by molar-refractivity contribution is 7.13. The summed E-state index contributed by atoms with van der Waals surface area (Å²) in [6.45, 7) is 5.11. The maximum absolute atomic E-state index is 12.0.